The zero-order chi connectivity index (χ0) is 14.0. The van der Waals surface area contributed by atoms with Crippen LogP contribution in [-0.4, -0.2) is 13.4 Å². The largest absolute Gasteiger partial charge is 0.396 e. The number of anilines is 1. The molecule has 0 amide bonds. The van der Waals surface area contributed by atoms with Crippen LogP contribution in [0.3, 0.4) is 0 Å². The van der Waals surface area contributed by atoms with Gasteiger partial charge in [0.1, 0.15) is 5.82 Å². The molecule has 1 aromatic heterocycles. The second-order valence-corrected chi connectivity index (χ2v) is 6.27. The average Bonchev–Trinajstić information content (AvgIpc) is 2.33. The maximum atomic E-state index is 12.9. The van der Waals surface area contributed by atoms with E-state index in [-0.39, 0.29) is 21.4 Å². The molecule has 0 bridgehead atoms. The van der Waals surface area contributed by atoms with Gasteiger partial charge in [0.05, 0.1) is 22.5 Å². The summed E-state index contributed by atoms with van der Waals surface area (Å²) in [5.41, 5.74) is 5.98. The van der Waals surface area contributed by atoms with E-state index in [0.29, 0.717) is 5.56 Å². The van der Waals surface area contributed by atoms with Crippen LogP contribution in [0.5, 0.6) is 0 Å². The summed E-state index contributed by atoms with van der Waals surface area (Å²) in [6.45, 7) is 0. The number of hydrogen-bond donors (Lipinski definition) is 1. The van der Waals surface area contributed by atoms with E-state index >= 15 is 0 Å². The first-order chi connectivity index (χ1) is 8.90. The predicted molar refractivity (Wildman–Crippen MR) is 70.9 cm³/mol. The molecule has 19 heavy (non-hydrogen) atoms. The highest BCUT2D eigenvalue weighted by Gasteiger charge is 2.19. The van der Waals surface area contributed by atoms with Gasteiger partial charge >= 0.3 is 0 Å². The van der Waals surface area contributed by atoms with E-state index < -0.39 is 15.7 Å². The Bertz CT molecular complexity index is 719. The van der Waals surface area contributed by atoms with Crippen LogP contribution in [0.2, 0.25) is 5.02 Å². The Labute approximate surface area is 115 Å². The van der Waals surface area contributed by atoms with Crippen LogP contribution in [0.15, 0.2) is 41.6 Å². The first-order valence-electron chi connectivity index (χ1n) is 5.26. The molecule has 100 valence electrons. The van der Waals surface area contributed by atoms with E-state index in [1.165, 1.54) is 24.5 Å². The summed E-state index contributed by atoms with van der Waals surface area (Å²) in [7, 11) is -3.65. The first kappa shape index (κ1) is 13.8. The van der Waals surface area contributed by atoms with Crippen LogP contribution in [0.25, 0.3) is 0 Å². The molecule has 0 radical (unpaired) electrons. The number of nitrogen functional groups attached to an aromatic ring is 1. The summed E-state index contributed by atoms with van der Waals surface area (Å²) in [4.78, 5) is 3.72. The van der Waals surface area contributed by atoms with Gasteiger partial charge in [-0.15, -0.1) is 0 Å². The second-order valence-electron chi connectivity index (χ2n) is 3.91. The molecule has 0 fully saturated rings. The first-order valence-corrected chi connectivity index (χ1v) is 7.29. The van der Waals surface area contributed by atoms with Crippen LogP contribution in [0.1, 0.15) is 5.56 Å². The highest BCUT2D eigenvalue weighted by Crippen LogP contribution is 2.25. The highest BCUT2D eigenvalue weighted by atomic mass is 35.5. The normalized spacial score (nSPS) is 11.5. The lowest BCUT2D eigenvalue weighted by Crippen LogP contribution is -2.08. The lowest BCUT2D eigenvalue weighted by Gasteiger charge is -2.08. The van der Waals surface area contributed by atoms with Crippen molar-refractivity contribution in [2.24, 2.45) is 0 Å². The van der Waals surface area contributed by atoms with Gasteiger partial charge < -0.3 is 5.73 Å². The molecule has 0 atom stereocenters. The number of rotatable bonds is 3. The fourth-order valence-corrected chi connectivity index (χ4v) is 3.41. The minimum atomic E-state index is -3.65. The molecule has 0 saturated heterocycles. The lowest BCUT2D eigenvalue weighted by atomic mass is 10.2. The summed E-state index contributed by atoms with van der Waals surface area (Å²) in [5.74, 6) is -0.866. The van der Waals surface area contributed by atoms with Crippen molar-refractivity contribution in [1.29, 1.82) is 0 Å². The summed E-state index contributed by atoms with van der Waals surface area (Å²) in [6, 6.07) is 4.89. The second kappa shape index (κ2) is 5.14. The van der Waals surface area contributed by atoms with Gasteiger partial charge in [-0.3, -0.25) is 4.98 Å². The zero-order valence-electron chi connectivity index (χ0n) is 9.68. The van der Waals surface area contributed by atoms with Crippen molar-refractivity contribution in [2.45, 2.75) is 10.6 Å². The standard InChI is InChI=1S/C12H10ClFN2O2S/c13-10-5-9(14)2-1-8(10)7-19(17,18)12-3-4-16-6-11(12)15/h1-6H,7,15H2. The Hall–Kier alpha value is -1.66. The number of nitrogens with zero attached hydrogens (tertiary/aromatic N) is 1. The minimum Gasteiger partial charge on any atom is -0.396 e. The minimum absolute atomic E-state index is 0.0112. The Morgan fingerprint density at radius 3 is 2.68 bits per heavy atom. The van der Waals surface area contributed by atoms with Crippen LogP contribution < -0.4 is 5.73 Å². The van der Waals surface area contributed by atoms with Crippen molar-refractivity contribution in [3.05, 3.63) is 53.1 Å². The maximum absolute atomic E-state index is 12.9. The van der Waals surface area contributed by atoms with Gasteiger partial charge in [0.15, 0.2) is 9.84 Å². The Balaban J connectivity index is 2.40. The van der Waals surface area contributed by atoms with Crippen LogP contribution in [-0.2, 0) is 15.6 Å². The van der Waals surface area contributed by atoms with Gasteiger partial charge in [-0.2, -0.15) is 0 Å². The van der Waals surface area contributed by atoms with Crippen molar-refractivity contribution >= 4 is 27.1 Å². The molecule has 0 spiro atoms. The number of nitrogens with two attached hydrogens (primary N) is 1. The Morgan fingerprint density at radius 1 is 1.32 bits per heavy atom. The maximum Gasteiger partial charge on any atom is 0.184 e. The summed E-state index contributed by atoms with van der Waals surface area (Å²) in [6.07, 6.45) is 2.61. The molecule has 1 aromatic carbocycles. The van der Waals surface area contributed by atoms with E-state index in [1.54, 1.807) is 0 Å². The molecule has 0 aliphatic heterocycles. The van der Waals surface area contributed by atoms with E-state index in [1.807, 2.05) is 0 Å². The zero-order valence-corrected chi connectivity index (χ0v) is 11.2. The number of pyridine rings is 1. The molecule has 0 saturated carbocycles. The molecule has 4 nitrogen and oxygen atoms in total. The van der Waals surface area contributed by atoms with Gasteiger partial charge in [0.25, 0.3) is 0 Å². The Morgan fingerprint density at radius 2 is 2.05 bits per heavy atom. The summed E-state index contributed by atoms with van der Waals surface area (Å²) < 4.78 is 37.3. The van der Waals surface area contributed by atoms with Crippen LogP contribution >= 0.6 is 11.6 Å². The molecule has 1 heterocycles. The number of hydrogen-bond acceptors (Lipinski definition) is 4. The molecule has 7 heteroatoms. The topological polar surface area (TPSA) is 73.0 Å². The molecule has 0 aliphatic rings. The SMILES string of the molecule is Nc1cnccc1S(=O)(=O)Cc1ccc(F)cc1Cl. The molecular formula is C12H10ClFN2O2S. The van der Waals surface area contributed by atoms with Crippen molar-refractivity contribution in [3.63, 3.8) is 0 Å². The number of aromatic nitrogens is 1. The van der Waals surface area contributed by atoms with Crippen LogP contribution in [0, 0.1) is 5.82 Å². The third kappa shape index (κ3) is 3.02. The number of halogens is 2. The van der Waals surface area contributed by atoms with E-state index in [0.717, 1.165) is 12.1 Å². The van der Waals surface area contributed by atoms with E-state index in [9.17, 15) is 12.8 Å². The third-order valence-electron chi connectivity index (χ3n) is 2.51. The summed E-state index contributed by atoms with van der Waals surface area (Å²) >= 11 is 5.81. The van der Waals surface area contributed by atoms with E-state index in [4.69, 9.17) is 17.3 Å². The quantitative estimate of drug-likeness (QED) is 0.945. The van der Waals surface area contributed by atoms with Crippen molar-refractivity contribution in [1.82, 2.24) is 4.98 Å². The molecule has 2 aromatic rings. The fourth-order valence-electron chi connectivity index (χ4n) is 1.60. The molecular weight excluding hydrogens is 291 g/mol. The fraction of sp³-hybridized carbons (Fsp3) is 0.0833. The van der Waals surface area contributed by atoms with Gasteiger partial charge in [0.2, 0.25) is 0 Å². The van der Waals surface area contributed by atoms with E-state index in [2.05, 4.69) is 4.98 Å². The van der Waals surface area contributed by atoms with Crippen LogP contribution in [0.4, 0.5) is 10.1 Å². The monoisotopic (exact) mass is 300 g/mol. The molecule has 0 aliphatic carbocycles. The summed E-state index contributed by atoms with van der Waals surface area (Å²) in [5, 5.41) is 0.0659. The lowest BCUT2D eigenvalue weighted by molar-refractivity contribution is 0.595. The average molecular weight is 301 g/mol. The highest BCUT2D eigenvalue weighted by molar-refractivity contribution is 7.90. The van der Waals surface area contributed by atoms with Gasteiger partial charge in [0, 0.05) is 11.2 Å². The Kier molecular flexibility index (Phi) is 3.73. The molecule has 2 N–H and O–H groups in total. The third-order valence-corrected chi connectivity index (χ3v) is 4.59. The molecule has 0 unspecified atom stereocenters. The number of benzene rings is 1. The smallest absolute Gasteiger partial charge is 0.184 e. The van der Waals surface area contributed by atoms with Gasteiger partial charge in [-0.1, -0.05) is 17.7 Å². The van der Waals surface area contributed by atoms with Crippen molar-refractivity contribution in [3.8, 4) is 0 Å². The van der Waals surface area contributed by atoms with Gasteiger partial charge in [-0.25, -0.2) is 12.8 Å². The molecule has 2 rings (SSSR count). The van der Waals surface area contributed by atoms with Crippen molar-refractivity contribution < 1.29 is 12.8 Å². The van der Waals surface area contributed by atoms with Crippen molar-refractivity contribution in [2.75, 3.05) is 5.73 Å². The van der Waals surface area contributed by atoms with Gasteiger partial charge in [-0.05, 0) is 23.8 Å². The number of sulfone groups is 1. The predicted octanol–water partition coefficient (Wildman–Crippen LogP) is 2.43.